The van der Waals surface area contributed by atoms with Gasteiger partial charge in [0, 0.05) is 11.6 Å². The van der Waals surface area contributed by atoms with Gasteiger partial charge in [-0.1, -0.05) is 49.7 Å². The van der Waals surface area contributed by atoms with Crippen LogP contribution < -0.4 is 5.43 Å². The average molecular weight is 398 g/mol. The zero-order valence-electron chi connectivity index (χ0n) is 15.6. The number of hydrogen-bond acceptors (Lipinski definition) is 4. The summed E-state index contributed by atoms with van der Waals surface area (Å²) in [6, 6.07) is 12.0. The van der Waals surface area contributed by atoms with Crippen molar-refractivity contribution >= 4 is 28.5 Å². The van der Waals surface area contributed by atoms with Gasteiger partial charge in [-0.15, -0.1) is 0 Å². The van der Waals surface area contributed by atoms with Crippen molar-refractivity contribution in [2.24, 2.45) is 0 Å². The second-order valence-electron chi connectivity index (χ2n) is 7.26. The van der Waals surface area contributed by atoms with Crippen LogP contribution in [0.2, 0.25) is 5.02 Å². The van der Waals surface area contributed by atoms with Gasteiger partial charge in [0.25, 0.3) is 5.91 Å². The Bertz CT molecular complexity index is 1120. The third kappa shape index (κ3) is 2.91. The summed E-state index contributed by atoms with van der Waals surface area (Å²) in [5, 5.41) is 10.2. The zero-order valence-corrected chi connectivity index (χ0v) is 16.4. The molecule has 0 saturated carbocycles. The van der Waals surface area contributed by atoms with Gasteiger partial charge >= 0.3 is 0 Å². The van der Waals surface area contributed by atoms with Crippen molar-refractivity contribution in [3.63, 3.8) is 0 Å². The van der Waals surface area contributed by atoms with Crippen LogP contribution in [0.15, 0.2) is 51.7 Å². The fourth-order valence-corrected chi connectivity index (χ4v) is 3.91. The Morgan fingerprint density at radius 3 is 2.50 bits per heavy atom. The van der Waals surface area contributed by atoms with E-state index in [1.807, 2.05) is 24.3 Å². The first-order valence-corrected chi connectivity index (χ1v) is 9.58. The van der Waals surface area contributed by atoms with Gasteiger partial charge in [0.05, 0.1) is 23.6 Å². The molecule has 4 rings (SSSR count). The summed E-state index contributed by atoms with van der Waals surface area (Å²) in [4.78, 5) is 27.7. The molecule has 1 aliphatic heterocycles. The Labute approximate surface area is 167 Å². The summed E-state index contributed by atoms with van der Waals surface area (Å²) in [6.45, 7) is 4.11. The van der Waals surface area contributed by atoms with Crippen LogP contribution in [-0.4, -0.2) is 29.1 Å². The lowest BCUT2D eigenvalue weighted by Gasteiger charge is -2.24. The van der Waals surface area contributed by atoms with Crippen LogP contribution in [0.1, 0.15) is 53.1 Å². The van der Waals surface area contributed by atoms with E-state index in [1.165, 1.54) is 10.5 Å². The van der Waals surface area contributed by atoms with E-state index < -0.39 is 11.9 Å². The lowest BCUT2D eigenvalue weighted by atomic mass is 9.95. The molecule has 1 aromatic heterocycles. The molecule has 1 unspecified atom stereocenters. The van der Waals surface area contributed by atoms with Crippen LogP contribution in [0.5, 0.6) is 0 Å². The number of aliphatic hydroxyl groups excluding tert-OH is 1. The van der Waals surface area contributed by atoms with Gasteiger partial charge in [0.15, 0.2) is 5.43 Å². The Morgan fingerprint density at radius 2 is 1.86 bits per heavy atom. The molecule has 0 fully saturated rings. The molecule has 1 aliphatic rings. The number of β-amino-alcohol motifs (C(OH)–C–C–N with tert-alkyl or cyclic N) is 1. The molecule has 1 amide bonds. The fraction of sp³-hybridized carbons (Fsp3) is 0.273. The highest BCUT2D eigenvalue weighted by atomic mass is 35.5. The third-order valence-corrected chi connectivity index (χ3v) is 5.42. The highest BCUT2D eigenvalue weighted by molar-refractivity contribution is 6.31. The highest BCUT2D eigenvalue weighted by Crippen LogP contribution is 2.38. The van der Waals surface area contributed by atoms with Crippen LogP contribution in [0, 0.1) is 0 Å². The smallest absolute Gasteiger partial charge is 0.290 e. The van der Waals surface area contributed by atoms with E-state index in [0.29, 0.717) is 27.5 Å². The van der Waals surface area contributed by atoms with Gasteiger partial charge in [-0.25, -0.2) is 0 Å². The SMILES string of the molecule is CC(C)c1ccc(C2c3c(oc4ccc(Cl)cc4c3=O)C(=O)N2CCO)cc1. The molecule has 6 heteroatoms. The average Bonchev–Trinajstić information content (AvgIpc) is 2.95. The molecular formula is C22H20ClNO4. The maximum absolute atomic E-state index is 13.3. The van der Waals surface area contributed by atoms with Crippen molar-refractivity contribution in [3.8, 4) is 0 Å². The summed E-state index contributed by atoms with van der Waals surface area (Å²) in [5.74, 6) is 0.0124. The summed E-state index contributed by atoms with van der Waals surface area (Å²) < 4.78 is 5.81. The first-order valence-electron chi connectivity index (χ1n) is 9.20. The first kappa shape index (κ1) is 18.7. The molecule has 1 N–H and O–H groups in total. The van der Waals surface area contributed by atoms with Crippen molar-refractivity contribution in [2.45, 2.75) is 25.8 Å². The number of carbonyl (C=O) groups excluding carboxylic acids is 1. The number of rotatable bonds is 4. The molecule has 0 aliphatic carbocycles. The molecule has 0 radical (unpaired) electrons. The summed E-state index contributed by atoms with van der Waals surface area (Å²) in [5.41, 5.74) is 2.32. The van der Waals surface area contributed by atoms with Gasteiger partial charge < -0.3 is 14.4 Å². The minimum atomic E-state index is -0.601. The molecule has 0 spiro atoms. The van der Waals surface area contributed by atoms with Crippen molar-refractivity contribution < 1.29 is 14.3 Å². The summed E-state index contributed by atoms with van der Waals surface area (Å²) in [6.07, 6.45) is 0. The molecule has 5 nitrogen and oxygen atoms in total. The highest BCUT2D eigenvalue weighted by Gasteiger charge is 2.42. The summed E-state index contributed by atoms with van der Waals surface area (Å²) in [7, 11) is 0. The predicted molar refractivity (Wildman–Crippen MR) is 108 cm³/mol. The third-order valence-electron chi connectivity index (χ3n) is 5.19. The number of benzene rings is 2. The minimum absolute atomic E-state index is 0.0335. The van der Waals surface area contributed by atoms with Crippen LogP contribution in [0.3, 0.4) is 0 Å². The van der Waals surface area contributed by atoms with Gasteiger partial charge in [0.1, 0.15) is 5.58 Å². The maximum Gasteiger partial charge on any atom is 0.290 e. The molecule has 28 heavy (non-hydrogen) atoms. The predicted octanol–water partition coefficient (Wildman–Crippen LogP) is 4.11. The maximum atomic E-state index is 13.3. The van der Waals surface area contributed by atoms with Crippen LogP contribution in [-0.2, 0) is 0 Å². The Morgan fingerprint density at radius 1 is 1.14 bits per heavy atom. The largest absolute Gasteiger partial charge is 0.450 e. The van der Waals surface area contributed by atoms with E-state index in [2.05, 4.69) is 13.8 Å². The Kier molecular flexibility index (Phi) is 4.73. The number of fused-ring (bicyclic) bond motifs is 2. The minimum Gasteiger partial charge on any atom is -0.450 e. The fourth-order valence-electron chi connectivity index (χ4n) is 3.74. The molecule has 3 aromatic rings. The van der Waals surface area contributed by atoms with Gasteiger partial charge in [0.2, 0.25) is 5.76 Å². The first-order chi connectivity index (χ1) is 13.4. The van der Waals surface area contributed by atoms with E-state index in [1.54, 1.807) is 18.2 Å². The molecule has 2 aromatic carbocycles. The quantitative estimate of drug-likeness (QED) is 0.719. The number of nitrogens with zero attached hydrogens (tertiary/aromatic N) is 1. The van der Waals surface area contributed by atoms with E-state index in [4.69, 9.17) is 16.0 Å². The second-order valence-corrected chi connectivity index (χ2v) is 7.70. The number of amides is 1. The molecule has 2 heterocycles. The molecule has 0 saturated heterocycles. The van der Waals surface area contributed by atoms with E-state index in [9.17, 15) is 14.7 Å². The standard InChI is InChI=1S/C22H20ClNO4/c1-12(2)13-3-5-14(6-4-13)19-18-20(26)16-11-15(23)7-8-17(16)28-21(18)22(27)24(19)9-10-25/h3-8,11-12,19,25H,9-10H2,1-2H3. The molecular weight excluding hydrogens is 378 g/mol. The van der Waals surface area contributed by atoms with E-state index in [-0.39, 0.29) is 24.3 Å². The Hall–Kier alpha value is -2.63. The van der Waals surface area contributed by atoms with Crippen molar-refractivity contribution in [1.29, 1.82) is 0 Å². The van der Waals surface area contributed by atoms with Crippen LogP contribution >= 0.6 is 11.6 Å². The Balaban J connectivity index is 1.95. The number of carbonyl (C=O) groups is 1. The summed E-state index contributed by atoms with van der Waals surface area (Å²) >= 11 is 6.06. The number of hydrogen-bond donors (Lipinski definition) is 1. The second kappa shape index (κ2) is 7.08. The zero-order chi connectivity index (χ0) is 20.0. The van der Waals surface area contributed by atoms with Crippen LogP contribution in [0.25, 0.3) is 11.0 Å². The lowest BCUT2D eigenvalue weighted by molar-refractivity contribution is 0.0691. The number of aliphatic hydroxyl groups is 1. The van der Waals surface area contributed by atoms with Crippen LogP contribution in [0.4, 0.5) is 0 Å². The molecule has 144 valence electrons. The van der Waals surface area contributed by atoms with E-state index >= 15 is 0 Å². The lowest BCUT2D eigenvalue weighted by Crippen LogP contribution is -2.32. The van der Waals surface area contributed by atoms with Gasteiger partial charge in [-0.05, 0) is 35.2 Å². The van der Waals surface area contributed by atoms with E-state index in [0.717, 1.165) is 5.56 Å². The monoisotopic (exact) mass is 397 g/mol. The normalized spacial score (nSPS) is 16.2. The van der Waals surface area contributed by atoms with Crippen molar-refractivity contribution in [1.82, 2.24) is 4.90 Å². The van der Waals surface area contributed by atoms with Crippen molar-refractivity contribution in [2.75, 3.05) is 13.2 Å². The topological polar surface area (TPSA) is 70.8 Å². The molecule has 1 atom stereocenters. The van der Waals surface area contributed by atoms with Crippen molar-refractivity contribution in [3.05, 3.63) is 80.2 Å². The van der Waals surface area contributed by atoms with Gasteiger partial charge in [-0.2, -0.15) is 0 Å². The molecule has 0 bridgehead atoms. The number of halogens is 1. The van der Waals surface area contributed by atoms with Gasteiger partial charge in [-0.3, -0.25) is 9.59 Å².